The van der Waals surface area contributed by atoms with E-state index in [1.807, 2.05) is 60.7 Å². The largest absolute Gasteiger partial charge is 0.486 e. The number of hydrogen-bond acceptors (Lipinski definition) is 6. The average Bonchev–Trinajstić information content (AvgIpc) is 2.87. The molecular weight excluding hydrogens is 422 g/mol. The lowest BCUT2D eigenvalue weighted by Crippen LogP contribution is -2.31. The summed E-state index contributed by atoms with van der Waals surface area (Å²) in [5.41, 5.74) is 3.17. The molecule has 0 fully saturated rings. The van der Waals surface area contributed by atoms with Gasteiger partial charge in [-0.05, 0) is 47.4 Å². The van der Waals surface area contributed by atoms with E-state index in [4.69, 9.17) is 18.9 Å². The Labute approximate surface area is 192 Å². The van der Waals surface area contributed by atoms with Gasteiger partial charge < -0.3 is 24.3 Å². The van der Waals surface area contributed by atoms with E-state index in [2.05, 4.69) is 5.32 Å². The van der Waals surface area contributed by atoms with E-state index in [-0.39, 0.29) is 19.1 Å². The topological polar surface area (TPSA) is 83.1 Å². The second-order valence-electron chi connectivity index (χ2n) is 7.42. The van der Waals surface area contributed by atoms with Crippen molar-refractivity contribution in [1.29, 1.82) is 0 Å². The molecule has 1 N–H and O–H groups in total. The number of benzene rings is 3. The van der Waals surface area contributed by atoms with Gasteiger partial charge in [-0.15, -0.1) is 0 Å². The molecule has 0 spiro atoms. The standard InChI is InChI=1S/C26H25NO6/c28-25(27-13-12-19-6-11-23-24(16-19)31-15-14-30-23)17-33-26(29)18-32-22-9-7-21(8-10-22)20-4-2-1-3-5-20/h1-11,16H,12-15,17-18H2,(H,27,28). The molecule has 0 radical (unpaired) electrons. The van der Waals surface area contributed by atoms with E-state index >= 15 is 0 Å². The molecule has 0 atom stereocenters. The molecule has 1 aliphatic rings. The van der Waals surface area contributed by atoms with Crippen LogP contribution in [0.4, 0.5) is 0 Å². The quantitative estimate of drug-likeness (QED) is 0.506. The lowest BCUT2D eigenvalue weighted by Gasteiger charge is -2.18. The van der Waals surface area contributed by atoms with Crippen LogP contribution in [0.5, 0.6) is 17.2 Å². The van der Waals surface area contributed by atoms with Gasteiger partial charge in [0.25, 0.3) is 5.91 Å². The number of esters is 1. The SMILES string of the molecule is O=C(COC(=O)COc1ccc(-c2ccccc2)cc1)NCCc1ccc2c(c1)OCCO2. The maximum atomic E-state index is 11.9. The van der Waals surface area contributed by atoms with Crippen molar-refractivity contribution in [3.05, 3.63) is 78.4 Å². The molecule has 4 rings (SSSR count). The fourth-order valence-electron chi connectivity index (χ4n) is 3.34. The molecule has 33 heavy (non-hydrogen) atoms. The zero-order valence-corrected chi connectivity index (χ0v) is 18.1. The van der Waals surface area contributed by atoms with E-state index < -0.39 is 5.97 Å². The van der Waals surface area contributed by atoms with Crippen molar-refractivity contribution in [2.45, 2.75) is 6.42 Å². The summed E-state index contributed by atoms with van der Waals surface area (Å²) in [5.74, 6) is 1.02. The Morgan fingerprint density at radius 2 is 1.55 bits per heavy atom. The normalized spacial score (nSPS) is 12.0. The van der Waals surface area contributed by atoms with E-state index in [1.54, 1.807) is 12.1 Å². The zero-order valence-electron chi connectivity index (χ0n) is 18.1. The fraction of sp³-hybridized carbons (Fsp3) is 0.231. The Hall–Kier alpha value is -4.00. The van der Waals surface area contributed by atoms with Crippen LogP contribution in [0.2, 0.25) is 0 Å². The monoisotopic (exact) mass is 447 g/mol. The van der Waals surface area contributed by atoms with Crippen LogP contribution in [0.25, 0.3) is 11.1 Å². The molecule has 0 bridgehead atoms. The Balaban J connectivity index is 1.13. The van der Waals surface area contributed by atoms with Gasteiger partial charge in [-0.3, -0.25) is 4.79 Å². The molecule has 3 aromatic carbocycles. The van der Waals surface area contributed by atoms with Gasteiger partial charge in [0, 0.05) is 6.54 Å². The number of hydrogen-bond donors (Lipinski definition) is 1. The van der Waals surface area contributed by atoms with Crippen molar-refractivity contribution in [3.8, 4) is 28.4 Å². The summed E-state index contributed by atoms with van der Waals surface area (Å²) in [6.45, 7) is 0.875. The third-order valence-corrected chi connectivity index (χ3v) is 5.02. The van der Waals surface area contributed by atoms with Crippen molar-refractivity contribution >= 4 is 11.9 Å². The third-order valence-electron chi connectivity index (χ3n) is 5.02. The van der Waals surface area contributed by atoms with Crippen molar-refractivity contribution in [2.24, 2.45) is 0 Å². The molecule has 0 saturated heterocycles. The minimum atomic E-state index is -0.607. The van der Waals surface area contributed by atoms with E-state index in [9.17, 15) is 9.59 Å². The van der Waals surface area contributed by atoms with E-state index in [0.29, 0.717) is 37.7 Å². The van der Waals surface area contributed by atoms with Crippen LogP contribution >= 0.6 is 0 Å². The second-order valence-corrected chi connectivity index (χ2v) is 7.42. The Morgan fingerprint density at radius 3 is 2.33 bits per heavy atom. The molecule has 3 aromatic rings. The van der Waals surface area contributed by atoms with E-state index in [0.717, 1.165) is 22.4 Å². The molecule has 1 amide bonds. The van der Waals surface area contributed by atoms with Gasteiger partial charge in [0.15, 0.2) is 24.7 Å². The zero-order chi connectivity index (χ0) is 22.9. The highest BCUT2D eigenvalue weighted by molar-refractivity contribution is 5.80. The van der Waals surface area contributed by atoms with Crippen molar-refractivity contribution in [1.82, 2.24) is 5.32 Å². The molecule has 0 saturated carbocycles. The van der Waals surface area contributed by atoms with Gasteiger partial charge in [0.2, 0.25) is 0 Å². The number of ether oxygens (including phenoxy) is 4. The summed E-state index contributed by atoms with van der Waals surface area (Å²) in [4.78, 5) is 23.8. The molecule has 7 heteroatoms. The number of fused-ring (bicyclic) bond motifs is 1. The lowest BCUT2D eigenvalue weighted by molar-refractivity contribution is -0.150. The second kappa shape index (κ2) is 11.0. The Bertz CT molecular complexity index is 1080. The van der Waals surface area contributed by atoms with Crippen LogP contribution in [0, 0.1) is 0 Å². The van der Waals surface area contributed by atoms with Crippen molar-refractivity contribution in [2.75, 3.05) is 33.0 Å². The summed E-state index contributed by atoms with van der Waals surface area (Å²) in [5, 5.41) is 2.73. The van der Waals surface area contributed by atoms with Crippen LogP contribution in [-0.4, -0.2) is 44.8 Å². The number of carbonyl (C=O) groups excluding carboxylic acids is 2. The van der Waals surface area contributed by atoms with Crippen molar-refractivity contribution < 1.29 is 28.5 Å². The predicted molar refractivity (Wildman–Crippen MR) is 122 cm³/mol. The number of carbonyl (C=O) groups is 2. The maximum Gasteiger partial charge on any atom is 0.344 e. The van der Waals surface area contributed by atoms with Gasteiger partial charge in [0.05, 0.1) is 0 Å². The first-order chi connectivity index (χ1) is 16.2. The number of rotatable bonds is 9. The molecule has 1 aliphatic heterocycles. The average molecular weight is 447 g/mol. The first-order valence-electron chi connectivity index (χ1n) is 10.8. The minimum Gasteiger partial charge on any atom is -0.486 e. The summed E-state index contributed by atoms with van der Waals surface area (Å²) >= 11 is 0. The smallest absolute Gasteiger partial charge is 0.344 e. The fourth-order valence-corrected chi connectivity index (χ4v) is 3.34. The molecular formula is C26H25NO6. The molecule has 7 nitrogen and oxygen atoms in total. The first kappa shape index (κ1) is 22.2. The summed E-state index contributed by atoms with van der Waals surface area (Å²) in [6.07, 6.45) is 0.623. The summed E-state index contributed by atoms with van der Waals surface area (Å²) < 4.78 is 21.5. The summed E-state index contributed by atoms with van der Waals surface area (Å²) in [6, 6.07) is 23.1. The molecule has 0 aliphatic carbocycles. The molecule has 0 aromatic heterocycles. The summed E-state index contributed by atoms with van der Waals surface area (Å²) in [7, 11) is 0. The van der Waals surface area contributed by atoms with Crippen LogP contribution < -0.4 is 19.5 Å². The van der Waals surface area contributed by atoms with Crippen LogP contribution in [0.15, 0.2) is 72.8 Å². The first-order valence-corrected chi connectivity index (χ1v) is 10.8. The van der Waals surface area contributed by atoms with Gasteiger partial charge >= 0.3 is 5.97 Å². The highest BCUT2D eigenvalue weighted by atomic mass is 16.6. The van der Waals surface area contributed by atoms with Gasteiger partial charge in [-0.25, -0.2) is 4.79 Å². The van der Waals surface area contributed by atoms with Crippen LogP contribution in [0.3, 0.4) is 0 Å². The predicted octanol–water partition coefficient (Wildman–Crippen LogP) is 3.41. The van der Waals surface area contributed by atoms with Gasteiger partial charge in [0.1, 0.15) is 19.0 Å². The highest BCUT2D eigenvalue weighted by Gasteiger charge is 2.12. The maximum absolute atomic E-state index is 11.9. The lowest BCUT2D eigenvalue weighted by atomic mass is 10.1. The van der Waals surface area contributed by atoms with Gasteiger partial charge in [-0.2, -0.15) is 0 Å². The van der Waals surface area contributed by atoms with Crippen molar-refractivity contribution in [3.63, 3.8) is 0 Å². The minimum absolute atomic E-state index is 0.269. The Morgan fingerprint density at radius 1 is 0.818 bits per heavy atom. The van der Waals surface area contributed by atoms with Crippen LogP contribution in [-0.2, 0) is 20.7 Å². The molecule has 0 unspecified atom stereocenters. The number of nitrogens with one attached hydrogen (secondary N) is 1. The molecule has 170 valence electrons. The molecule has 1 heterocycles. The van der Waals surface area contributed by atoms with E-state index in [1.165, 1.54) is 0 Å². The third kappa shape index (κ3) is 6.49. The van der Waals surface area contributed by atoms with Gasteiger partial charge in [-0.1, -0.05) is 48.5 Å². The highest BCUT2D eigenvalue weighted by Crippen LogP contribution is 2.30. The Kier molecular flexibility index (Phi) is 7.43. The number of amides is 1. The van der Waals surface area contributed by atoms with Crippen LogP contribution in [0.1, 0.15) is 5.56 Å².